The van der Waals surface area contributed by atoms with Gasteiger partial charge >= 0.3 is 5.69 Å². The lowest BCUT2D eigenvalue weighted by Crippen LogP contribution is -2.54. The minimum Gasteiger partial charge on any atom is -0.394 e. The van der Waals surface area contributed by atoms with Crippen LogP contribution in [0.4, 0.5) is 8.78 Å². The summed E-state index contributed by atoms with van der Waals surface area (Å²) >= 11 is 0. The molecule has 0 aliphatic carbocycles. The number of H-pyrrole nitrogens is 1. The van der Waals surface area contributed by atoms with Crippen molar-refractivity contribution in [1.82, 2.24) is 9.55 Å². The van der Waals surface area contributed by atoms with Gasteiger partial charge in [0.25, 0.3) is 5.56 Å². The Morgan fingerprint density at radius 3 is 2.60 bits per heavy atom. The number of alkyl halides is 1. The Balaban J connectivity index is 2.64. The van der Waals surface area contributed by atoms with Crippen LogP contribution in [-0.2, 0) is 4.74 Å². The van der Waals surface area contributed by atoms with Gasteiger partial charge in [-0.05, 0) is 13.8 Å². The first-order valence-corrected chi connectivity index (χ1v) is 5.82. The van der Waals surface area contributed by atoms with Crippen molar-refractivity contribution in [3.63, 3.8) is 0 Å². The molecule has 1 fully saturated rings. The molecule has 20 heavy (non-hydrogen) atoms. The van der Waals surface area contributed by atoms with Gasteiger partial charge in [0.2, 0.25) is 5.82 Å². The largest absolute Gasteiger partial charge is 0.394 e. The molecule has 0 unspecified atom stereocenters. The summed E-state index contributed by atoms with van der Waals surface area (Å²) in [6.45, 7) is 1.24. The summed E-state index contributed by atoms with van der Waals surface area (Å²) in [6, 6.07) is 0. The van der Waals surface area contributed by atoms with Crippen LogP contribution in [0.25, 0.3) is 0 Å². The summed E-state index contributed by atoms with van der Waals surface area (Å²) in [7, 11) is 0. The molecule has 1 aromatic rings. The Morgan fingerprint density at radius 1 is 1.50 bits per heavy atom. The van der Waals surface area contributed by atoms with E-state index < -0.39 is 47.3 Å². The monoisotopic (exact) mass is 292 g/mol. The van der Waals surface area contributed by atoms with Gasteiger partial charge in [0.05, 0.1) is 6.61 Å². The van der Waals surface area contributed by atoms with Gasteiger partial charge in [-0.2, -0.15) is 4.39 Å². The molecule has 9 heteroatoms. The fourth-order valence-electron chi connectivity index (χ4n) is 2.18. The first kappa shape index (κ1) is 14.8. The van der Waals surface area contributed by atoms with Crippen LogP contribution in [0.1, 0.15) is 20.1 Å². The number of aliphatic hydroxyl groups excluding tert-OH is 1. The van der Waals surface area contributed by atoms with Gasteiger partial charge in [0, 0.05) is 6.20 Å². The van der Waals surface area contributed by atoms with E-state index in [2.05, 4.69) is 0 Å². The number of aromatic nitrogens is 2. The molecule has 1 aliphatic rings. The molecule has 1 aliphatic heterocycles. The minimum absolute atomic E-state index is 0.208. The zero-order valence-electron chi connectivity index (χ0n) is 10.8. The summed E-state index contributed by atoms with van der Waals surface area (Å²) in [5.74, 6) is -1.30. The number of nitrogens with one attached hydrogen (secondary N) is 1. The van der Waals surface area contributed by atoms with Crippen LogP contribution in [0.5, 0.6) is 0 Å². The third-order valence-electron chi connectivity index (χ3n) is 3.74. The van der Waals surface area contributed by atoms with E-state index in [9.17, 15) is 23.5 Å². The van der Waals surface area contributed by atoms with Crippen LogP contribution in [0.2, 0.25) is 0 Å². The summed E-state index contributed by atoms with van der Waals surface area (Å²) in [6.07, 6.45) is -2.67. The summed E-state index contributed by atoms with van der Waals surface area (Å²) < 4.78 is 33.2. The van der Waals surface area contributed by atoms with Gasteiger partial charge in [-0.3, -0.25) is 4.79 Å². The molecule has 1 saturated heterocycles. The second-order valence-corrected chi connectivity index (χ2v) is 5.00. The Bertz CT molecular complexity index is 636. The van der Waals surface area contributed by atoms with Crippen molar-refractivity contribution >= 4 is 0 Å². The van der Waals surface area contributed by atoms with Gasteiger partial charge < -0.3 is 19.9 Å². The highest BCUT2D eigenvalue weighted by Crippen LogP contribution is 2.46. The van der Waals surface area contributed by atoms with Crippen molar-refractivity contribution < 1.29 is 23.7 Å². The highest BCUT2D eigenvalue weighted by Gasteiger charge is 2.63. The zero-order chi connectivity index (χ0) is 15.3. The third kappa shape index (κ3) is 1.81. The fraction of sp³-hybridized carbons (Fsp3) is 0.636. The van der Waals surface area contributed by atoms with E-state index in [0.29, 0.717) is 6.20 Å². The van der Waals surface area contributed by atoms with Crippen molar-refractivity contribution in [2.45, 2.75) is 37.4 Å². The molecule has 0 radical (unpaired) electrons. The number of nitrogens with zero attached hydrogens (tertiary/aromatic N) is 1. The second-order valence-electron chi connectivity index (χ2n) is 5.00. The van der Waals surface area contributed by atoms with Crippen LogP contribution < -0.4 is 11.2 Å². The van der Waals surface area contributed by atoms with Crippen LogP contribution in [0.3, 0.4) is 0 Å². The van der Waals surface area contributed by atoms with Crippen molar-refractivity contribution in [3.05, 3.63) is 32.9 Å². The molecule has 2 rings (SSSR count). The predicted molar refractivity (Wildman–Crippen MR) is 62.4 cm³/mol. The molecule has 0 aromatic carbocycles. The Hall–Kier alpha value is -1.58. The van der Waals surface area contributed by atoms with E-state index in [0.717, 1.165) is 13.8 Å². The molecule has 4 atom stereocenters. The molecule has 0 saturated carbocycles. The van der Waals surface area contributed by atoms with E-state index in [1.165, 1.54) is 0 Å². The van der Waals surface area contributed by atoms with Gasteiger partial charge in [-0.15, -0.1) is 0 Å². The number of halogens is 2. The van der Waals surface area contributed by atoms with Gasteiger partial charge in [0.15, 0.2) is 11.9 Å². The Morgan fingerprint density at radius 2 is 2.10 bits per heavy atom. The molecule has 0 spiro atoms. The average molecular weight is 292 g/mol. The Labute approximate surface area is 111 Å². The third-order valence-corrected chi connectivity index (χ3v) is 3.74. The molecule has 112 valence electrons. The highest BCUT2D eigenvalue weighted by molar-refractivity contribution is 5.09. The number of ether oxygens (including phenoxy) is 1. The van der Waals surface area contributed by atoms with Gasteiger partial charge in [-0.25, -0.2) is 13.8 Å². The van der Waals surface area contributed by atoms with Crippen LogP contribution in [-0.4, -0.2) is 43.7 Å². The first-order chi connectivity index (χ1) is 9.14. The lowest BCUT2D eigenvalue weighted by molar-refractivity contribution is -0.0892. The number of aromatic amines is 1. The van der Waals surface area contributed by atoms with Gasteiger partial charge in [-0.1, -0.05) is 0 Å². The standard InChI is InChI=1S/C11H14F2N2O5/c1-10(13)8(20-6(4-16)11(10,2)19)15-7(17)5(12)3-14-9(15)18/h3,6,8,16,19H,4H2,1-2H3,(H,14,18)/t6-,8-,10+,11-/m1/s1. The molecule has 2 heterocycles. The summed E-state index contributed by atoms with van der Waals surface area (Å²) in [5, 5.41) is 19.2. The number of rotatable bonds is 2. The van der Waals surface area contributed by atoms with Crippen LogP contribution in [0.15, 0.2) is 15.8 Å². The maximum absolute atomic E-state index is 14.7. The van der Waals surface area contributed by atoms with Crippen molar-refractivity contribution in [3.8, 4) is 0 Å². The van der Waals surface area contributed by atoms with Crippen molar-refractivity contribution in [2.24, 2.45) is 0 Å². The number of hydrogen-bond donors (Lipinski definition) is 3. The molecule has 7 nitrogen and oxygen atoms in total. The second kappa shape index (κ2) is 4.47. The predicted octanol–water partition coefficient (Wildman–Crippen LogP) is -0.955. The molecule has 3 N–H and O–H groups in total. The van der Waals surface area contributed by atoms with Gasteiger partial charge in [0.1, 0.15) is 11.7 Å². The average Bonchev–Trinajstić information content (AvgIpc) is 2.53. The topological polar surface area (TPSA) is 105 Å². The van der Waals surface area contributed by atoms with Crippen molar-refractivity contribution in [2.75, 3.05) is 6.61 Å². The molecular formula is C11H14F2N2O5. The van der Waals surface area contributed by atoms with E-state index >= 15 is 0 Å². The molecule has 0 amide bonds. The summed E-state index contributed by atoms with van der Waals surface area (Å²) in [4.78, 5) is 25.2. The molecular weight excluding hydrogens is 278 g/mol. The number of aliphatic hydroxyl groups is 2. The van der Waals surface area contributed by atoms with E-state index in [1.807, 2.05) is 4.98 Å². The van der Waals surface area contributed by atoms with E-state index in [-0.39, 0.29) is 4.57 Å². The van der Waals surface area contributed by atoms with E-state index in [1.54, 1.807) is 0 Å². The highest BCUT2D eigenvalue weighted by atomic mass is 19.1. The van der Waals surface area contributed by atoms with Crippen LogP contribution in [0, 0.1) is 5.82 Å². The number of hydrogen-bond acceptors (Lipinski definition) is 5. The first-order valence-electron chi connectivity index (χ1n) is 5.82. The maximum Gasteiger partial charge on any atom is 0.330 e. The van der Waals surface area contributed by atoms with Crippen molar-refractivity contribution in [1.29, 1.82) is 0 Å². The summed E-state index contributed by atoms with van der Waals surface area (Å²) in [5.41, 5.74) is -7.22. The SMILES string of the molecule is C[C@]1(F)[C@H](n2c(=O)[nH]cc(F)c2=O)O[C@H](CO)[C@@]1(C)O. The van der Waals surface area contributed by atoms with Crippen LogP contribution >= 0.6 is 0 Å². The maximum atomic E-state index is 14.7. The smallest absolute Gasteiger partial charge is 0.330 e. The molecule has 1 aromatic heterocycles. The quantitative estimate of drug-likeness (QED) is 0.651. The Kier molecular flexibility index (Phi) is 3.31. The zero-order valence-corrected chi connectivity index (χ0v) is 10.8. The molecule has 0 bridgehead atoms. The fourth-order valence-corrected chi connectivity index (χ4v) is 2.18. The lowest BCUT2D eigenvalue weighted by Gasteiger charge is -2.32. The normalized spacial score (nSPS) is 37.3. The lowest BCUT2D eigenvalue weighted by atomic mass is 9.85. The minimum atomic E-state index is -2.59. The van der Waals surface area contributed by atoms with E-state index in [4.69, 9.17) is 9.84 Å².